The SMILES string of the molecule is COc1ccc(-c2cc(COC(=O)C34CC5CC(CC(NC(C)=O)(C5)C3)C4)on2)cc1. The van der Waals surface area contributed by atoms with Crippen molar-refractivity contribution in [2.45, 2.75) is 57.6 Å². The maximum absolute atomic E-state index is 13.2. The van der Waals surface area contributed by atoms with Crippen LogP contribution in [0, 0.1) is 17.3 Å². The molecule has 1 aromatic heterocycles. The first-order chi connectivity index (χ1) is 14.9. The summed E-state index contributed by atoms with van der Waals surface area (Å²) < 4.78 is 16.3. The number of esters is 1. The summed E-state index contributed by atoms with van der Waals surface area (Å²) in [5.74, 6) is 2.06. The molecule has 2 unspecified atom stereocenters. The van der Waals surface area contributed by atoms with Crippen molar-refractivity contribution in [3.05, 3.63) is 36.1 Å². The molecule has 0 radical (unpaired) electrons. The zero-order valence-corrected chi connectivity index (χ0v) is 18.0. The van der Waals surface area contributed by atoms with Crippen molar-refractivity contribution >= 4 is 11.9 Å². The molecular weight excluding hydrogens is 396 g/mol. The van der Waals surface area contributed by atoms with Gasteiger partial charge in [0.25, 0.3) is 0 Å². The van der Waals surface area contributed by atoms with E-state index in [1.165, 1.54) is 0 Å². The van der Waals surface area contributed by atoms with E-state index in [-0.39, 0.29) is 24.0 Å². The second-order valence-corrected chi connectivity index (χ2v) is 9.69. The van der Waals surface area contributed by atoms with E-state index in [0.29, 0.717) is 29.7 Å². The molecule has 7 nitrogen and oxygen atoms in total. The van der Waals surface area contributed by atoms with E-state index in [9.17, 15) is 9.59 Å². The van der Waals surface area contributed by atoms with Gasteiger partial charge in [-0.25, -0.2) is 0 Å². The van der Waals surface area contributed by atoms with E-state index in [1.807, 2.05) is 24.3 Å². The zero-order chi connectivity index (χ0) is 21.6. The Bertz CT molecular complexity index is 982. The van der Waals surface area contributed by atoms with Crippen LogP contribution in [0.2, 0.25) is 0 Å². The number of amides is 1. The summed E-state index contributed by atoms with van der Waals surface area (Å²) in [5, 5.41) is 7.29. The molecule has 0 aliphatic heterocycles. The fourth-order valence-electron chi connectivity index (χ4n) is 6.59. The normalized spacial score (nSPS) is 30.8. The van der Waals surface area contributed by atoms with E-state index in [0.717, 1.165) is 43.4 Å². The third kappa shape index (κ3) is 3.70. The Kier molecular flexibility index (Phi) is 4.79. The predicted octanol–water partition coefficient (Wildman–Crippen LogP) is 3.87. The number of carbonyl (C=O) groups excluding carboxylic acids is 2. The first kappa shape index (κ1) is 20.1. The summed E-state index contributed by atoms with van der Waals surface area (Å²) in [6.07, 6.45) is 5.51. The molecule has 1 heterocycles. The van der Waals surface area contributed by atoms with Crippen LogP contribution in [0.1, 0.15) is 51.2 Å². The second kappa shape index (κ2) is 7.39. The van der Waals surface area contributed by atoms with Gasteiger partial charge in [0.05, 0.1) is 12.5 Å². The summed E-state index contributed by atoms with van der Waals surface area (Å²) in [4.78, 5) is 25.0. The van der Waals surface area contributed by atoms with Gasteiger partial charge in [0, 0.05) is 24.1 Å². The van der Waals surface area contributed by atoms with Crippen molar-refractivity contribution in [2.75, 3.05) is 7.11 Å². The van der Waals surface area contributed by atoms with Crippen molar-refractivity contribution in [3.63, 3.8) is 0 Å². The monoisotopic (exact) mass is 424 g/mol. The fourth-order valence-corrected chi connectivity index (χ4v) is 6.59. The summed E-state index contributed by atoms with van der Waals surface area (Å²) in [7, 11) is 1.62. The molecule has 31 heavy (non-hydrogen) atoms. The van der Waals surface area contributed by atoms with Gasteiger partial charge < -0.3 is 19.3 Å². The maximum atomic E-state index is 13.2. The lowest BCUT2D eigenvalue weighted by Crippen LogP contribution is -2.64. The minimum Gasteiger partial charge on any atom is -0.497 e. The van der Waals surface area contributed by atoms with Crippen LogP contribution in [-0.2, 0) is 20.9 Å². The summed E-state index contributed by atoms with van der Waals surface area (Å²) in [5.41, 5.74) is 0.849. The van der Waals surface area contributed by atoms with E-state index < -0.39 is 5.41 Å². The Morgan fingerprint density at radius 3 is 2.52 bits per heavy atom. The molecule has 6 rings (SSSR count). The largest absolute Gasteiger partial charge is 0.497 e. The Morgan fingerprint density at radius 2 is 1.87 bits per heavy atom. The second-order valence-electron chi connectivity index (χ2n) is 9.69. The van der Waals surface area contributed by atoms with E-state index in [1.54, 1.807) is 20.1 Å². The fraction of sp³-hybridized carbons (Fsp3) is 0.542. The minimum atomic E-state index is -0.495. The van der Waals surface area contributed by atoms with E-state index >= 15 is 0 Å². The third-order valence-electron chi connectivity index (χ3n) is 7.23. The third-order valence-corrected chi connectivity index (χ3v) is 7.23. The molecule has 4 saturated carbocycles. The van der Waals surface area contributed by atoms with Crippen LogP contribution in [0.4, 0.5) is 0 Å². The number of rotatable bonds is 6. The zero-order valence-electron chi connectivity index (χ0n) is 18.0. The lowest BCUT2D eigenvalue weighted by Gasteiger charge is -2.60. The number of ether oxygens (including phenoxy) is 2. The summed E-state index contributed by atoms with van der Waals surface area (Å²) >= 11 is 0. The van der Waals surface area contributed by atoms with Crippen LogP contribution in [0.15, 0.2) is 34.9 Å². The average Bonchev–Trinajstić information content (AvgIpc) is 3.19. The van der Waals surface area contributed by atoms with Gasteiger partial charge >= 0.3 is 5.97 Å². The molecule has 4 aliphatic carbocycles. The first-order valence-electron chi connectivity index (χ1n) is 10.9. The molecule has 1 amide bonds. The molecule has 1 N–H and O–H groups in total. The van der Waals surface area contributed by atoms with Gasteiger partial charge in [-0.05, 0) is 74.6 Å². The highest BCUT2D eigenvalue weighted by molar-refractivity contribution is 5.79. The van der Waals surface area contributed by atoms with Gasteiger partial charge in [0.1, 0.15) is 11.4 Å². The summed E-state index contributed by atoms with van der Waals surface area (Å²) in [6.45, 7) is 1.63. The number of nitrogens with one attached hydrogen (secondary N) is 1. The number of carbonyl (C=O) groups is 2. The molecule has 2 aromatic rings. The topological polar surface area (TPSA) is 90.7 Å². The van der Waals surface area contributed by atoms with Gasteiger partial charge in [-0.2, -0.15) is 0 Å². The first-order valence-corrected chi connectivity index (χ1v) is 10.9. The van der Waals surface area contributed by atoms with Gasteiger partial charge in [0.15, 0.2) is 12.4 Å². The average molecular weight is 424 g/mol. The minimum absolute atomic E-state index is 0.0156. The van der Waals surface area contributed by atoms with Crippen molar-refractivity contribution in [1.82, 2.24) is 10.5 Å². The van der Waals surface area contributed by atoms with Crippen molar-refractivity contribution in [3.8, 4) is 17.0 Å². The van der Waals surface area contributed by atoms with E-state index in [2.05, 4.69) is 10.5 Å². The number of hydrogen-bond acceptors (Lipinski definition) is 6. The van der Waals surface area contributed by atoms with Gasteiger partial charge in [-0.1, -0.05) is 5.16 Å². The molecule has 7 heteroatoms. The van der Waals surface area contributed by atoms with Crippen LogP contribution in [0.5, 0.6) is 5.75 Å². The Morgan fingerprint density at radius 1 is 1.16 bits per heavy atom. The van der Waals surface area contributed by atoms with Crippen molar-refractivity contribution < 1.29 is 23.6 Å². The lowest BCUT2D eigenvalue weighted by atomic mass is 9.47. The molecule has 4 aliphatic rings. The Balaban J connectivity index is 1.27. The quantitative estimate of drug-likeness (QED) is 0.708. The molecular formula is C24H28N2O5. The number of benzene rings is 1. The molecule has 2 atom stereocenters. The number of hydrogen-bond donors (Lipinski definition) is 1. The highest BCUT2D eigenvalue weighted by Gasteiger charge is 2.61. The smallest absolute Gasteiger partial charge is 0.312 e. The number of methoxy groups -OCH3 is 1. The van der Waals surface area contributed by atoms with E-state index in [4.69, 9.17) is 14.0 Å². The van der Waals surface area contributed by atoms with Crippen LogP contribution < -0.4 is 10.1 Å². The molecule has 0 spiro atoms. The molecule has 164 valence electrons. The van der Waals surface area contributed by atoms with Crippen LogP contribution in [0.3, 0.4) is 0 Å². The van der Waals surface area contributed by atoms with Gasteiger partial charge in [-0.3, -0.25) is 9.59 Å². The number of aromatic nitrogens is 1. The Hall–Kier alpha value is -2.83. The lowest BCUT2D eigenvalue weighted by molar-refractivity contribution is -0.177. The van der Waals surface area contributed by atoms with Crippen molar-refractivity contribution in [2.24, 2.45) is 17.3 Å². The predicted molar refractivity (Wildman–Crippen MR) is 112 cm³/mol. The number of nitrogens with zero attached hydrogens (tertiary/aromatic N) is 1. The maximum Gasteiger partial charge on any atom is 0.312 e. The highest BCUT2D eigenvalue weighted by atomic mass is 16.6. The molecule has 4 fully saturated rings. The van der Waals surface area contributed by atoms with Gasteiger partial charge in [-0.15, -0.1) is 0 Å². The molecule has 0 saturated heterocycles. The molecule has 1 aromatic carbocycles. The van der Waals surface area contributed by atoms with Crippen LogP contribution in [0.25, 0.3) is 11.3 Å². The summed E-state index contributed by atoms with van der Waals surface area (Å²) in [6, 6.07) is 9.34. The van der Waals surface area contributed by atoms with Crippen LogP contribution in [-0.4, -0.2) is 29.7 Å². The Labute approximate surface area is 181 Å². The van der Waals surface area contributed by atoms with Crippen molar-refractivity contribution in [1.29, 1.82) is 0 Å². The highest BCUT2D eigenvalue weighted by Crippen LogP contribution is 2.62. The standard InChI is InChI=1S/C24H28N2O5/c1-15(27)25-24-11-16-7-17(12-24)10-23(9-16,14-24)22(28)30-13-20-8-21(26-31-20)18-3-5-19(29-2)6-4-18/h3-6,8,16-17H,7,9-14H2,1-2H3,(H,25,27). The van der Waals surface area contributed by atoms with Gasteiger partial charge in [0.2, 0.25) is 5.91 Å². The molecule has 4 bridgehead atoms. The van der Waals surface area contributed by atoms with Crippen LogP contribution >= 0.6 is 0 Å².